The van der Waals surface area contributed by atoms with E-state index in [0.29, 0.717) is 11.5 Å². The molecule has 0 aromatic heterocycles. The summed E-state index contributed by atoms with van der Waals surface area (Å²) in [5.74, 6) is 1.94. The van der Waals surface area contributed by atoms with E-state index in [1.54, 1.807) is 45.4 Å². The van der Waals surface area contributed by atoms with Crippen molar-refractivity contribution in [3.05, 3.63) is 59.7 Å². The van der Waals surface area contributed by atoms with Crippen LogP contribution < -0.4 is 14.2 Å². The number of hydrogen-bond acceptors (Lipinski definition) is 4. The molecule has 0 saturated carbocycles. The minimum Gasteiger partial charge on any atom is -0.496 e. The summed E-state index contributed by atoms with van der Waals surface area (Å²) in [5.41, 5.74) is 1.82. The van der Waals surface area contributed by atoms with Crippen molar-refractivity contribution in [2.24, 2.45) is 0 Å². The molecule has 138 valence electrons. The molecule has 0 N–H and O–H groups in total. The van der Waals surface area contributed by atoms with E-state index in [4.69, 9.17) is 14.2 Å². The zero-order valence-corrected chi connectivity index (χ0v) is 15.9. The third-order valence-corrected chi connectivity index (χ3v) is 4.34. The molecule has 1 atom stereocenters. The van der Waals surface area contributed by atoms with Crippen LogP contribution >= 0.6 is 0 Å². The minimum absolute atomic E-state index is 0.0989. The number of carbonyl (C=O) groups excluding carboxylic acids is 1. The number of carbonyl (C=O) groups is 1. The quantitative estimate of drug-likeness (QED) is 0.706. The number of para-hydroxylation sites is 1. The molecule has 5 heteroatoms. The van der Waals surface area contributed by atoms with Crippen molar-refractivity contribution in [1.29, 1.82) is 0 Å². The second-order valence-corrected chi connectivity index (χ2v) is 5.81. The van der Waals surface area contributed by atoms with Crippen LogP contribution in [0, 0.1) is 0 Å². The molecule has 0 aliphatic carbocycles. The molecule has 0 aliphatic heterocycles. The fraction of sp³-hybridized carbons (Fsp3) is 0.286. The van der Waals surface area contributed by atoms with Gasteiger partial charge in [-0.2, -0.15) is 0 Å². The van der Waals surface area contributed by atoms with Crippen LogP contribution in [0.15, 0.2) is 48.5 Å². The molecule has 0 spiro atoms. The van der Waals surface area contributed by atoms with Gasteiger partial charge in [-0.05, 0) is 36.8 Å². The zero-order valence-electron chi connectivity index (χ0n) is 15.9. The summed E-state index contributed by atoms with van der Waals surface area (Å²) in [6, 6.07) is 13.1. The van der Waals surface area contributed by atoms with Gasteiger partial charge in [-0.3, -0.25) is 4.79 Å². The van der Waals surface area contributed by atoms with Gasteiger partial charge < -0.3 is 19.1 Å². The molecular weight excluding hydrogens is 330 g/mol. The Morgan fingerprint density at radius 2 is 1.62 bits per heavy atom. The number of methoxy groups -OCH3 is 3. The van der Waals surface area contributed by atoms with Crippen molar-refractivity contribution in [1.82, 2.24) is 4.90 Å². The Morgan fingerprint density at radius 3 is 2.27 bits per heavy atom. The molecule has 0 saturated heterocycles. The summed E-state index contributed by atoms with van der Waals surface area (Å²) >= 11 is 0. The number of rotatable bonds is 7. The van der Waals surface area contributed by atoms with Crippen molar-refractivity contribution in [3.63, 3.8) is 0 Å². The first-order valence-corrected chi connectivity index (χ1v) is 8.31. The molecule has 26 heavy (non-hydrogen) atoms. The van der Waals surface area contributed by atoms with E-state index in [0.717, 1.165) is 16.9 Å². The first kappa shape index (κ1) is 19.4. The highest BCUT2D eigenvalue weighted by atomic mass is 16.5. The monoisotopic (exact) mass is 355 g/mol. The summed E-state index contributed by atoms with van der Waals surface area (Å²) in [5, 5.41) is 0. The largest absolute Gasteiger partial charge is 0.496 e. The molecule has 0 radical (unpaired) electrons. The Balaban J connectivity index is 2.14. The Hall–Kier alpha value is -2.95. The van der Waals surface area contributed by atoms with Gasteiger partial charge in [0, 0.05) is 18.7 Å². The lowest BCUT2D eigenvalue weighted by Gasteiger charge is -2.25. The SMILES string of the molecule is COc1ccc(/C=C/C(=O)N(C)C(C)c2ccccc2OC)cc1OC. The maximum Gasteiger partial charge on any atom is 0.246 e. The number of nitrogens with zero attached hydrogens (tertiary/aromatic N) is 1. The van der Waals surface area contributed by atoms with Gasteiger partial charge in [-0.1, -0.05) is 24.3 Å². The number of benzene rings is 2. The van der Waals surface area contributed by atoms with Crippen molar-refractivity contribution in [2.75, 3.05) is 28.4 Å². The number of hydrogen-bond donors (Lipinski definition) is 0. The third kappa shape index (κ3) is 4.36. The van der Waals surface area contributed by atoms with E-state index in [9.17, 15) is 4.79 Å². The van der Waals surface area contributed by atoms with Gasteiger partial charge in [0.05, 0.1) is 27.4 Å². The van der Waals surface area contributed by atoms with E-state index in [1.165, 1.54) is 0 Å². The molecule has 2 aromatic rings. The van der Waals surface area contributed by atoms with Gasteiger partial charge in [-0.15, -0.1) is 0 Å². The fourth-order valence-electron chi connectivity index (χ4n) is 2.65. The lowest BCUT2D eigenvalue weighted by molar-refractivity contribution is -0.126. The summed E-state index contributed by atoms with van der Waals surface area (Å²) in [6.07, 6.45) is 3.31. The first-order valence-electron chi connectivity index (χ1n) is 8.31. The molecule has 0 bridgehead atoms. The minimum atomic E-state index is -0.117. The van der Waals surface area contributed by atoms with E-state index < -0.39 is 0 Å². The third-order valence-electron chi connectivity index (χ3n) is 4.34. The number of likely N-dealkylation sites (N-methyl/N-ethyl adjacent to an activating group) is 1. The lowest BCUT2D eigenvalue weighted by atomic mass is 10.1. The molecule has 0 fully saturated rings. The smallest absolute Gasteiger partial charge is 0.246 e. The number of amides is 1. The van der Waals surface area contributed by atoms with Crippen LogP contribution in [0.3, 0.4) is 0 Å². The molecule has 1 amide bonds. The summed E-state index contributed by atoms with van der Waals surface area (Å²) in [4.78, 5) is 14.2. The predicted molar refractivity (Wildman–Crippen MR) is 103 cm³/mol. The average molecular weight is 355 g/mol. The van der Waals surface area contributed by atoms with Crippen molar-refractivity contribution >= 4 is 12.0 Å². The molecule has 1 unspecified atom stereocenters. The number of ether oxygens (including phenoxy) is 3. The molecule has 2 aromatic carbocycles. The lowest BCUT2D eigenvalue weighted by Crippen LogP contribution is -2.28. The highest BCUT2D eigenvalue weighted by molar-refractivity contribution is 5.92. The average Bonchev–Trinajstić information content (AvgIpc) is 2.70. The Labute approximate surface area is 154 Å². The van der Waals surface area contributed by atoms with Crippen LogP contribution in [-0.4, -0.2) is 39.2 Å². The fourth-order valence-corrected chi connectivity index (χ4v) is 2.65. The highest BCUT2D eigenvalue weighted by Gasteiger charge is 2.18. The van der Waals surface area contributed by atoms with E-state index in [-0.39, 0.29) is 11.9 Å². The zero-order chi connectivity index (χ0) is 19.1. The molecule has 5 nitrogen and oxygen atoms in total. The Morgan fingerprint density at radius 1 is 0.962 bits per heavy atom. The predicted octanol–water partition coefficient (Wildman–Crippen LogP) is 3.95. The van der Waals surface area contributed by atoms with Crippen LogP contribution in [0.5, 0.6) is 17.2 Å². The standard InChI is InChI=1S/C21H25NO4/c1-15(17-8-6-7-9-18(17)24-3)22(2)21(23)13-11-16-10-12-19(25-4)20(14-16)26-5/h6-15H,1-5H3/b13-11+. The Kier molecular flexibility index (Phi) is 6.67. The van der Waals surface area contributed by atoms with Crippen molar-refractivity contribution < 1.29 is 19.0 Å². The van der Waals surface area contributed by atoms with Gasteiger partial charge in [-0.25, -0.2) is 0 Å². The van der Waals surface area contributed by atoms with Gasteiger partial charge in [0.1, 0.15) is 5.75 Å². The van der Waals surface area contributed by atoms with E-state index in [2.05, 4.69) is 0 Å². The van der Waals surface area contributed by atoms with Crippen molar-refractivity contribution in [3.8, 4) is 17.2 Å². The Bertz CT molecular complexity index is 785. The van der Waals surface area contributed by atoms with Crippen LogP contribution in [0.2, 0.25) is 0 Å². The summed E-state index contributed by atoms with van der Waals surface area (Å²) < 4.78 is 15.9. The van der Waals surface area contributed by atoms with Gasteiger partial charge in [0.25, 0.3) is 0 Å². The molecule has 0 heterocycles. The topological polar surface area (TPSA) is 48.0 Å². The van der Waals surface area contributed by atoms with Crippen LogP contribution in [0.25, 0.3) is 6.08 Å². The van der Waals surface area contributed by atoms with E-state index in [1.807, 2.05) is 49.4 Å². The van der Waals surface area contributed by atoms with E-state index >= 15 is 0 Å². The molecular formula is C21H25NO4. The van der Waals surface area contributed by atoms with Gasteiger partial charge in [0.2, 0.25) is 5.91 Å². The maximum absolute atomic E-state index is 12.6. The second-order valence-electron chi connectivity index (χ2n) is 5.81. The van der Waals surface area contributed by atoms with Crippen LogP contribution in [-0.2, 0) is 4.79 Å². The van der Waals surface area contributed by atoms with Crippen molar-refractivity contribution in [2.45, 2.75) is 13.0 Å². The second kappa shape index (κ2) is 8.94. The summed E-state index contributed by atoms with van der Waals surface area (Å²) in [7, 11) is 6.58. The maximum atomic E-state index is 12.6. The normalized spacial score (nSPS) is 11.9. The van der Waals surface area contributed by atoms with Gasteiger partial charge >= 0.3 is 0 Å². The highest BCUT2D eigenvalue weighted by Crippen LogP contribution is 2.29. The first-order chi connectivity index (χ1) is 12.5. The molecule has 2 rings (SSSR count). The van der Waals surface area contributed by atoms with Gasteiger partial charge in [0.15, 0.2) is 11.5 Å². The van der Waals surface area contributed by atoms with Crippen LogP contribution in [0.4, 0.5) is 0 Å². The summed E-state index contributed by atoms with van der Waals surface area (Å²) in [6.45, 7) is 1.97. The van der Waals surface area contributed by atoms with Crippen LogP contribution in [0.1, 0.15) is 24.1 Å². The molecule has 0 aliphatic rings.